The first-order valence-corrected chi connectivity index (χ1v) is 9.62. The molecule has 2 heterocycles. The molecule has 0 bridgehead atoms. The second-order valence-electron chi connectivity index (χ2n) is 7.37. The van der Waals surface area contributed by atoms with E-state index in [1.54, 1.807) is 6.07 Å². The van der Waals surface area contributed by atoms with E-state index in [-0.39, 0.29) is 28.6 Å². The van der Waals surface area contributed by atoms with Crippen LogP contribution in [0.4, 0.5) is 10.2 Å². The Morgan fingerprint density at radius 1 is 1.23 bits per heavy atom. The average Bonchev–Trinajstić information content (AvgIpc) is 3.06. The van der Waals surface area contributed by atoms with Crippen molar-refractivity contribution >= 4 is 23.0 Å². The number of anilines is 1. The second-order valence-corrected chi connectivity index (χ2v) is 7.37. The van der Waals surface area contributed by atoms with E-state index in [0.29, 0.717) is 18.4 Å². The van der Waals surface area contributed by atoms with Crippen LogP contribution in [-0.4, -0.2) is 41.3 Å². The van der Waals surface area contributed by atoms with E-state index in [2.05, 4.69) is 26.8 Å². The molecule has 0 spiro atoms. The van der Waals surface area contributed by atoms with E-state index in [0.717, 1.165) is 19.3 Å². The molecule has 0 unspecified atom stereocenters. The maximum absolute atomic E-state index is 13.7. The summed E-state index contributed by atoms with van der Waals surface area (Å²) in [5.74, 6) is 4.33. The number of hydrogen-bond donors (Lipinski definition) is 3. The minimum Gasteiger partial charge on any atom is -0.480 e. The van der Waals surface area contributed by atoms with Crippen LogP contribution in [0.3, 0.4) is 0 Å². The molecule has 1 aliphatic rings. The van der Waals surface area contributed by atoms with Crippen molar-refractivity contribution in [1.82, 2.24) is 19.5 Å². The third-order valence-corrected chi connectivity index (χ3v) is 5.09. The molecule has 1 aliphatic carbocycles. The Hall–Kier alpha value is -3.51. The highest BCUT2D eigenvalue weighted by Crippen LogP contribution is 2.28. The van der Waals surface area contributed by atoms with Gasteiger partial charge in [-0.05, 0) is 43.7 Å². The molecule has 9 heteroatoms. The number of nitrogens with zero attached hydrogens (tertiary/aromatic N) is 4. The smallest absolute Gasteiger partial charge is 0.323 e. The van der Waals surface area contributed by atoms with Gasteiger partial charge < -0.3 is 15.9 Å². The lowest BCUT2D eigenvalue weighted by Gasteiger charge is -2.26. The minimum absolute atomic E-state index is 0.0294. The number of benzene rings is 1. The van der Waals surface area contributed by atoms with Crippen LogP contribution in [0.1, 0.15) is 37.9 Å². The summed E-state index contributed by atoms with van der Waals surface area (Å²) in [7, 11) is 0. The molecule has 1 fully saturated rings. The fourth-order valence-electron chi connectivity index (χ4n) is 3.64. The van der Waals surface area contributed by atoms with Crippen LogP contribution in [-0.2, 0) is 11.3 Å². The number of carbonyl (C=O) groups is 1. The molecule has 4 rings (SSSR count). The van der Waals surface area contributed by atoms with E-state index >= 15 is 0 Å². The van der Waals surface area contributed by atoms with Crippen LogP contribution < -0.4 is 5.73 Å². The van der Waals surface area contributed by atoms with Crippen molar-refractivity contribution in [2.45, 2.75) is 44.2 Å². The SMILES string of the molecule is Nc1nc(C#CC2(O)CCCCC2)nc2c1nc(-c1cccc(F)c1)n2CC(=O)O. The number of carboxylic acids is 1. The first-order chi connectivity index (χ1) is 14.3. The Morgan fingerprint density at radius 3 is 2.70 bits per heavy atom. The maximum atomic E-state index is 13.7. The number of halogens is 1. The van der Waals surface area contributed by atoms with Crippen LogP contribution in [0.5, 0.6) is 0 Å². The molecule has 8 nitrogen and oxygen atoms in total. The van der Waals surface area contributed by atoms with Crippen LogP contribution in [0.15, 0.2) is 24.3 Å². The first-order valence-electron chi connectivity index (χ1n) is 9.62. The number of nitrogen functional groups attached to an aromatic ring is 1. The predicted molar refractivity (Wildman–Crippen MR) is 108 cm³/mol. The van der Waals surface area contributed by atoms with E-state index < -0.39 is 23.9 Å². The molecule has 4 N–H and O–H groups in total. The molecule has 1 saturated carbocycles. The summed E-state index contributed by atoms with van der Waals surface area (Å²) in [5.41, 5.74) is 5.73. The molecule has 0 saturated heterocycles. The molecule has 0 amide bonds. The molecular formula is C21H20FN5O3. The normalized spacial score (nSPS) is 15.5. The standard InChI is InChI=1S/C21H20FN5O3/c22-14-6-4-5-13(11-14)19-26-17-18(23)24-15(25-20(17)27(19)12-16(28)29)7-10-21(30)8-2-1-3-9-21/h4-6,11,30H,1-3,8-9,12H2,(H,28,29)(H2,23,24,25). The number of aliphatic carboxylic acids is 1. The number of imidazole rings is 1. The van der Waals surface area contributed by atoms with Crippen molar-refractivity contribution in [2.75, 3.05) is 5.73 Å². The highest BCUT2D eigenvalue weighted by molar-refractivity contribution is 5.87. The van der Waals surface area contributed by atoms with Gasteiger partial charge in [-0.1, -0.05) is 24.5 Å². The number of hydrogen-bond acceptors (Lipinski definition) is 6. The lowest BCUT2D eigenvalue weighted by atomic mass is 9.85. The van der Waals surface area contributed by atoms with Gasteiger partial charge in [-0.3, -0.25) is 9.36 Å². The fraction of sp³-hybridized carbons (Fsp3) is 0.333. The lowest BCUT2D eigenvalue weighted by molar-refractivity contribution is -0.137. The number of aromatic nitrogens is 4. The Bertz CT molecular complexity index is 1190. The molecular weight excluding hydrogens is 389 g/mol. The van der Waals surface area contributed by atoms with Gasteiger partial charge in [0.05, 0.1) is 0 Å². The summed E-state index contributed by atoms with van der Waals surface area (Å²) in [4.78, 5) is 24.3. The second kappa shape index (κ2) is 7.72. The van der Waals surface area contributed by atoms with Crippen LogP contribution >= 0.6 is 0 Å². The average molecular weight is 409 g/mol. The monoisotopic (exact) mass is 409 g/mol. The number of nitrogens with two attached hydrogens (primary N) is 1. The number of rotatable bonds is 3. The van der Waals surface area contributed by atoms with E-state index in [1.165, 1.54) is 22.8 Å². The molecule has 0 radical (unpaired) electrons. The van der Waals surface area contributed by atoms with Crippen molar-refractivity contribution in [3.63, 3.8) is 0 Å². The maximum Gasteiger partial charge on any atom is 0.323 e. The van der Waals surface area contributed by atoms with Gasteiger partial charge in [0.15, 0.2) is 17.0 Å². The van der Waals surface area contributed by atoms with E-state index in [4.69, 9.17) is 5.73 Å². The molecule has 2 aromatic heterocycles. The molecule has 1 aromatic carbocycles. The summed E-state index contributed by atoms with van der Waals surface area (Å²) in [5, 5.41) is 19.9. The van der Waals surface area contributed by atoms with Gasteiger partial charge in [0.25, 0.3) is 0 Å². The molecule has 30 heavy (non-hydrogen) atoms. The zero-order valence-corrected chi connectivity index (χ0v) is 16.1. The number of fused-ring (bicyclic) bond motifs is 1. The Labute approximate surface area is 171 Å². The third kappa shape index (κ3) is 3.95. The molecule has 154 valence electrons. The summed E-state index contributed by atoms with van der Waals surface area (Å²) in [6.07, 6.45) is 4.03. The van der Waals surface area contributed by atoms with Crippen LogP contribution in [0, 0.1) is 17.7 Å². The topological polar surface area (TPSA) is 127 Å². The summed E-state index contributed by atoms with van der Waals surface area (Å²) < 4.78 is 15.0. The summed E-state index contributed by atoms with van der Waals surface area (Å²) >= 11 is 0. The van der Waals surface area contributed by atoms with Gasteiger partial charge in [0.1, 0.15) is 23.8 Å². The van der Waals surface area contributed by atoms with E-state index in [1.807, 2.05) is 0 Å². The fourth-order valence-corrected chi connectivity index (χ4v) is 3.64. The molecule has 3 aromatic rings. The van der Waals surface area contributed by atoms with Crippen molar-refractivity contribution in [2.24, 2.45) is 0 Å². The van der Waals surface area contributed by atoms with E-state index in [9.17, 15) is 19.4 Å². The zero-order chi connectivity index (χ0) is 21.3. The lowest BCUT2D eigenvalue weighted by Crippen LogP contribution is -2.29. The molecule has 0 aliphatic heterocycles. The Morgan fingerprint density at radius 2 is 2.00 bits per heavy atom. The van der Waals surface area contributed by atoms with Crippen molar-refractivity contribution < 1.29 is 19.4 Å². The van der Waals surface area contributed by atoms with Gasteiger partial charge in [-0.2, -0.15) is 0 Å². The van der Waals surface area contributed by atoms with Crippen molar-refractivity contribution in [3.8, 4) is 23.2 Å². The molecule has 0 atom stereocenters. The van der Waals surface area contributed by atoms with Gasteiger partial charge in [-0.15, -0.1) is 0 Å². The summed E-state index contributed by atoms with van der Waals surface area (Å²) in [6, 6.07) is 5.66. The zero-order valence-electron chi connectivity index (χ0n) is 16.1. The highest BCUT2D eigenvalue weighted by atomic mass is 19.1. The van der Waals surface area contributed by atoms with Gasteiger partial charge in [0, 0.05) is 5.56 Å². The Kier molecular flexibility index (Phi) is 5.10. The Balaban J connectivity index is 1.84. The van der Waals surface area contributed by atoms with Crippen LogP contribution in [0.25, 0.3) is 22.6 Å². The minimum atomic E-state index is -1.12. The van der Waals surface area contributed by atoms with Gasteiger partial charge >= 0.3 is 5.97 Å². The van der Waals surface area contributed by atoms with Gasteiger partial charge in [-0.25, -0.2) is 19.3 Å². The number of aliphatic hydroxyl groups is 1. The first kappa shape index (κ1) is 19.8. The van der Waals surface area contributed by atoms with Crippen molar-refractivity contribution in [1.29, 1.82) is 0 Å². The largest absolute Gasteiger partial charge is 0.480 e. The third-order valence-electron chi connectivity index (χ3n) is 5.09. The summed E-state index contributed by atoms with van der Waals surface area (Å²) in [6.45, 7) is -0.449. The predicted octanol–water partition coefficient (Wildman–Crippen LogP) is 2.35. The van der Waals surface area contributed by atoms with Crippen LogP contribution in [0.2, 0.25) is 0 Å². The quantitative estimate of drug-likeness (QED) is 0.567. The highest BCUT2D eigenvalue weighted by Gasteiger charge is 2.27. The van der Waals surface area contributed by atoms with Gasteiger partial charge in [0.2, 0.25) is 5.82 Å². The number of carboxylic acid groups (broad SMARTS) is 1. The van der Waals surface area contributed by atoms with Crippen molar-refractivity contribution in [3.05, 3.63) is 35.9 Å².